The lowest BCUT2D eigenvalue weighted by molar-refractivity contribution is 0.440. The molecule has 0 radical (unpaired) electrons. The number of hydrogen-bond acceptors (Lipinski definition) is 1. The fraction of sp³-hybridized carbons (Fsp3) is 0.400. The van der Waals surface area contributed by atoms with Gasteiger partial charge in [0.25, 0.3) is 0 Å². The third-order valence-electron chi connectivity index (χ3n) is 2.28. The van der Waals surface area contributed by atoms with Crippen molar-refractivity contribution >= 4 is 0 Å². The highest BCUT2D eigenvalue weighted by atomic mass is 19.1. The lowest BCUT2D eigenvalue weighted by Gasteiger charge is -2.23. The van der Waals surface area contributed by atoms with Gasteiger partial charge in [-0.2, -0.15) is 0 Å². The quantitative estimate of drug-likeness (QED) is 0.752. The van der Waals surface area contributed by atoms with Crippen molar-refractivity contribution in [2.45, 2.75) is 25.8 Å². The summed E-state index contributed by atoms with van der Waals surface area (Å²) in [4.78, 5) is 0. The summed E-state index contributed by atoms with van der Waals surface area (Å²) in [6.07, 6.45) is 0.563. The Kier molecular flexibility index (Phi) is 2.66. The molecule has 13 heavy (non-hydrogen) atoms. The number of nitrogens with two attached hydrogens (primary N) is 1. The van der Waals surface area contributed by atoms with Crippen molar-refractivity contribution in [1.29, 1.82) is 0 Å². The smallest absolute Gasteiger partial charge is 0.128 e. The summed E-state index contributed by atoms with van der Waals surface area (Å²) in [7, 11) is 0. The molecule has 3 heteroatoms. The van der Waals surface area contributed by atoms with Gasteiger partial charge in [-0.1, -0.05) is 6.92 Å². The second-order valence-corrected chi connectivity index (χ2v) is 3.40. The van der Waals surface area contributed by atoms with Crippen LogP contribution in [0.15, 0.2) is 18.2 Å². The summed E-state index contributed by atoms with van der Waals surface area (Å²) in [5.41, 5.74) is 5.23. The van der Waals surface area contributed by atoms with Crippen LogP contribution < -0.4 is 5.73 Å². The molecule has 0 aliphatic rings. The number of halogens is 2. The first kappa shape index (κ1) is 10.1. The van der Waals surface area contributed by atoms with Crippen LogP contribution in [0.3, 0.4) is 0 Å². The summed E-state index contributed by atoms with van der Waals surface area (Å²) in [5.74, 6) is -0.908. The minimum atomic E-state index is -0.799. The molecule has 1 rings (SSSR count). The minimum Gasteiger partial charge on any atom is -0.322 e. The van der Waals surface area contributed by atoms with Crippen LogP contribution >= 0.6 is 0 Å². The molecule has 2 N–H and O–H groups in total. The van der Waals surface area contributed by atoms with E-state index < -0.39 is 17.2 Å². The zero-order valence-corrected chi connectivity index (χ0v) is 7.77. The third kappa shape index (κ3) is 2.04. The summed E-state index contributed by atoms with van der Waals surface area (Å²) < 4.78 is 26.0. The maximum absolute atomic E-state index is 13.2. The Hall–Kier alpha value is -0.960. The van der Waals surface area contributed by atoms with Gasteiger partial charge in [0.2, 0.25) is 0 Å². The molecule has 0 amide bonds. The largest absolute Gasteiger partial charge is 0.322 e. The van der Waals surface area contributed by atoms with Crippen molar-refractivity contribution in [1.82, 2.24) is 0 Å². The molecule has 0 spiro atoms. The highest BCUT2D eigenvalue weighted by Crippen LogP contribution is 2.24. The van der Waals surface area contributed by atoms with Crippen molar-refractivity contribution in [3.05, 3.63) is 35.4 Å². The molecular weight excluding hydrogens is 172 g/mol. The molecule has 0 aliphatic heterocycles. The van der Waals surface area contributed by atoms with Gasteiger partial charge in [0.15, 0.2) is 0 Å². The zero-order valence-electron chi connectivity index (χ0n) is 7.77. The molecule has 0 saturated heterocycles. The second-order valence-electron chi connectivity index (χ2n) is 3.40. The predicted octanol–water partition coefficient (Wildman–Crippen LogP) is 2.55. The summed E-state index contributed by atoms with van der Waals surface area (Å²) in [5, 5.41) is 0. The SMILES string of the molecule is CCC(C)(N)c1cc(F)ccc1F. The maximum Gasteiger partial charge on any atom is 0.128 e. The normalized spacial score (nSPS) is 15.5. The monoisotopic (exact) mass is 185 g/mol. The Balaban J connectivity index is 3.20. The third-order valence-corrected chi connectivity index (χ3v) is 2.28. The molecular formula is C10H13F2N. The minimum absolute atomic E-state index is 0.231. The topological polar surface area (TPSA) is 26.0 Å². The molecule has 1 atom stereocenters. The molecule has 1 aromatic carbocycles. The van der Waals surface area contributed by atoms with Gasteiger partial charge in [0, 0.05) is 11.1 Å². The molecule has 1 nitrogen and oxygen atoms in total. The average Bonchev–Trinajstić information content (AvgIpc) is 2.09. The molecule has 0 saturated carbocycles. The Morgan fingerprint density at radius 2 is 2.00 bits per heavy atom. The van der Waals surface area contributed by atoms with Crippen LogP contribution in [0.5, 0.6) is 0 Å². The maximum atomic E-state index is 13.2. The van der Waals surface area contributed by atoms with Crippen molar-refractivity contribution in [3.63, 3.8) is 0 Å². The van der Waals surface area contributed by atoms with E-state index in [-0.39, 0.29) is 5.56 Å². The average molecular weight is 185 g/mol. The van der Waals surface area contributed by atoms with Crippen LogP contribution in [0.25, 0.3) is 0 Å². The van der Waals surface area contributed by atoms with Crippen molar-refractivity contribution in [2.24, 2.45) is 5.73 Å². The van der Waals surface area contributed by atoms with Crippen molar-refractivity contribution in [2.75, 3.05) is 0 Å². The molecule has 1 aromatic rings. The molecule has 0 fully saturated rings. The zero-order chi connectivity index (χ0) is 10.1. The first-order chi connectivity index (χ1) is 5.97. The molecule has 0 aliphatic carbocycles. The van der Waals surface area contributed by atoms with Crippen molar-refractivity contribution < 1.29 is 8.78 Å². The highest BCUT2D eigenvalue weighted by molar-refractivity contribution is 5.25. The van der Waals surface area contributed by atoms with Crippen LogP contribution in [0.4, 0.5) is 8.78 Å². The van der Waals surface area contributed by atoms with Crippen molar-refractivity contribution in [3.8, 4) is 0 Å². The van der Waals surface area contributed by atoms with E-state index in [2.05, 4.69) is 0 Å². The van der Waals surface area contributed by atoms with E-state index in [1.54, 1.807) is 6.92 Å². The van der Waals surface area contributed by atoms with Gasteiger partial charge in [0.05, 0.1) is 0 Å². The fourth-order valence-electron chi connectivity index (χ4n) is 1.13. The van der Waals surface area contributed by atoms with E-state index in [4.69, 9.17) is 5.73 Å². The van der Waals surface area contributed by atoms with E-state index in [1.807, 2.05) is 6.92 Å². The summed E-state index contributed by atoms with van der Waals surface area (Å²) in [6, 6.07) is 3.34. The molecule has 0 heterocycles. The van der Waals surface area contributed by atoms with Gasteiger partial charge in [0.1, 0.15) is 11.6 Å². The van der Waals surface area contributed by atoms with Crippen LogP contribution in [0.1, 0.15) is 25.8 Å². The number of rotatable bonds is 2. The Morgan fingerprint density at radius 1 is 1.38 bits per heavy atom. The van der Waals surface area contributed by atoms with E-state index in [0.29, 0.717) is 6.42 Å². The van der Waals surface area contributed by atoms with Gasteiger partial charge in [-0.15, -0.1) is 0 Å². The van der Waals surface area contributed by atoms with E-state index in [1.165, 1.54) is 0 Å². The summed E-state index contributed by atoms with van der Waals surface area (Å²) in [6.45, 7) is 3.52. The Morgan fingerprint density at radius 3 is 2.54 bits per heavy atom. The number of hydrogen-bond donors (Lipinski definition) is 1. The van der Waals surface area contributed by atoms with E-state index in [9.17, 15) is 8.78 Å². The number of benzene rings is 1. The van der Waals surface area contributed by atoms with Gasteiger partial charge in [-0.25, -0.2) is 8.78 Å². The first-order valence-electron chi connectivity index (χ1n) is 4.22. The Bertz CT molecular complexity index is 308. The second kappa shape index (κ2) is 3.42. The molecule has 0 aromatic heterocycles. The van der Waals surface area contributed by atoms with E-state index >= 15 is 0 Å². The van der Waals surface area contributed by atoms with Gasteiger partial charge in [-0.05, 0) is 31.5 Å². The van der Waals surface area contributed by atoms with Gasteiger partial charge < -0.3 is 5.73 Å². The molecule has 0 bridgehead atoms. The lowest BCUT2D eigenvalue weighted by atomic mass is 9.90. The van der Waals surface area contributed by atoms with Crippen LogP contribution in [-0.2, 0) is 5.54 Å². The van der Waals surface area contributed by atoms with Crippen LogP contribution in [0, 0.1) is 11.6 Å². The summed E-state index contributed by atoms with van der Waals surface area (Å²) >= 11 is 0. The highest BCUT2D eigenvalue weighted by Gasteiger charge is 2.22. The molecule has 72 valence electrons. The van der Waals surface area contributed by atoms with Crippen LogP contribution in [0.2, 0.25) is 0 Å². The molecule has 1 unspecified atom stereocenters. The van der Waals surface area contributed by atoms with E-state index in [0.717, 1.165) is 18.2 Å². The van der Waals surface area contributed by atoms with Gasteiger partial charge >= 0.3 is 0 Å². The van der Waals surface area contributed by atoms with Gasteiger partial charge in [-0.3, -0.25) is 0 Å². The first-order valence-corrected chi connectivity index (χ1v) is 4.22. The predicted molar refractivity (Wildman–Crippen MR) is 48.2 cm³/mol. The standard InChI is InChI=1S/C10H13F2N/c1-3-10(2,13)8-6-7(11)4-5-9(8)12/h4-6H,3,13H2,1-2H3. The lowest BCUT2D eigenvalue weighted by Crippen LogP contribution is -2.33. The Labute approximate surface area is 76.6 Å². The fourth-order valence-corrected chi connectivity index (χ4v) is 1.13. The van der Waals surface area contributed by atoms with Crippen LogP contribution in [-0.4, -0.2) is 0 Å².